The van der Waals surface area contributed by atoms with Gasteiger partial charge in [0, 0.05) is 29.8 Å². The smallest absolute Gasteiger partial charge is 0.176 e. The highest BCUT2D eigenvalue weighted by molar-refractivity contribution is 5.98. The minimum atomic E-state index is 0.718. The topological polar surface area (TPSA) is 49.4 Å². The van der Waals surface area contributed by atoms with Crippen molar-refractivity contribution in [1.29, 1.82) is 0 Å². The lowest BCUT2D eigenvalue weighted by Gasteiger charge is -2.09. The number of ether oxygens (including phenoxy) is 2. The largest absolute Gasteiger partial charge is 0.497 e. The fourth-order valence-corrected chi connectivity index (χ4v) is 3.12. The molecule has 126 valence electrons. The molecule has 0 saturated carbocycles. The van der Waals surface area contributed by atoms with Crippen molar-refractivity contribution in [2.45, 2.75) is 0 Å². The third kappa shape index (κ3) is 2.54. The maximum atomic E-state index is 5.64. The van der Waals surface area contributed by atoms with Crippen LogP contribution < -0.4 is 9.47 Å². The van der Waals surface area contributed by atoms with Crippen LogP contribution in [0.3, 0.4) is 0 Å². The first-order chi connectivity index (χ1) is 12.2. The highest BCUT2D eigenvalue weighted by atomic mass is 16.5. The van der Waals surface area contributed by atoms with E-state index in [0.29, 0.717) is 0 Å². The van der Waals surface area contributed by atoms with Crippen LogP contribution in [-0.4, -0.2) is 23.9 Å². The molecule has 0 atom stereocenters. The molecule has 0 bridgehead atoms. The van der Waals surface area contributed by atoms with Crippen LogP contribution in [0.4, 0.5) is 0 Å². The van der Waals surface area contributed by atoms with Gasteiger partial charge in [0.1, 0.15) is 11.5 Å². The number of nitrogens with zero attached hydrogens (tertiary/aromatic N) is 2. The number of rotatable bonds is 4. The van der Waals surface area contributed by atoms with E-state index < -0.39 is 0 Å². The molecule has 5 nitrogen and oxygen atoms in total. The molecule has 2 aromatic heterocycles. The molecule has 0 saturated heterocycles. The highest BCUT2D eigenvalue weighted by Crippen LogP contribution is 2.39. The van der Waals surface area contributed by atoms with Crippen molar-refractivity contribution in [2.75, 3.05) is 14.2 Å². The first-order valence-electron chi connectivity index (χ1n) is 7.94. The molecule has 0 aliphatic rings. The summed E-state index contributed by atoms with van der Waals surface area (Å²) in [7, 11) is 5.34. The van der Waals surface area contributed by atoms with E-state index in [-0.39, 0.29) is 0 Å². The molecule has 0 radical (unpaired) electrons. The Kier molecular flexibility index (Phi) is 3.69. The van der Waals surface area contributed by atoms with Gasteiger partial charge in [-0.2, -0.15) is 0 Å². The first-order valence-corrected chi connectivity index (χ1v) is 7.94. The van der Waals surface area contributed by atoms with Crippen molar-refractivity contribution in [3.8, 4) is 33.9 Å². The molecule has 0 aliphatic heterocycles. The van der Waals surface area contributed by atoms with Crippen LogP contribution in [0.2, 0.25) is 0 Å². The van der Waals surface area contributed by atoms with Crippen LogP contribution in [-0.2, 0) is 7.05 Å². The summed E-state index contributed by atoms with van der Waals surface area (Å²) >= 11 is 0. The maximum absolute atomic E-state index is 5.64. The van der Waals surface area contributed by atoms with Crippen LogP contribution in [0, 0.1) is 0 Å². The van der Waals surface area contributed by atoms with E-state index in [4.69, 9.17) is 14.0 Å². The molecule has 25 heavy (non-hydrogen) atoms. The second-order valence-corrected chi connectivity index (χ2v) is 5.84. The number of hydrogen-bond donors (Lipinski definition) is 0. The van der Waals surface area contributed by atoms with E-state index in [1.165, 1.54) is 0 Å². The Morgan fingerprint density at radius 3 is 2.40 bits per heavy atom. The minimum Gasteiger partial charge on any atom is -0.497 e. The maximum Gasteiger partial charge on any atom is 0.176 e. The summed E-state index contributed by atoms with van der Waals surface area (Å²) in [6.45, 7) is 0. The van der Waals surface area contributed by atoms with Gasteiger partial charge in [0.15, 0.2) is 5.76 Å². The third-order valence-electron chi connectivity index (χ3n) is 4.40. The van der Waals surface area contributed by atoms with Crippen molar-refractivity contribution in [3.63, 3.8) is 0 Å². The zero-order valence-electron chi connectivity index (χ0n) is 14.3. The molecule has 0 fully saturated rings. The number of aromatic nitrogens is 2. The summed E-state index contributed by atoms with van der Waals surface area (Å²) in [5.41, 5.74) is 3.97. The summed E-state index contributed by atoms with van der Waals surface area (Å²) in [4.78, 5) is 0. The van der Waals surface area contributed by atoms with E-state index in [1.54, 1.807) is 20.4 Å². The summed E-state index contributed by atoms with van der Waals surface area (Å²) in [6.07, 6.45) is 3.77. The molecule has 0 aliphatic carbocycles. The van der Waals surface area contributed by atoms with Gasteiger partial charge >= 0.3 is 0 Å². The summed E-state index contributed by atoms with van der Waals surface area (Å²) in [5.74, 6) is 2.31. The van der Waals surface area contributed by atoms with Gasteiger partial charge in [0.05, 0.1) is 25.9 Å². The van der Waals surface area contributed by atoms with Crippen LogP contribution in [0.25, 0.3) is 33.4 Å². The van der Waals surface area contributed by atoms with Crippen LogP contribution in [0.15, 0.2) is 59.4 Å². The van der Waals surface area contributed by atoms with Crippen molar-refractivity contribution < 1.29 is 14.0 Å². The standard InChI is InChI=1S/C20H18N2O3/c1-22-9-8-14-10-16(24-3)11-17(19(14)22)20-18(12-21-25-20)13-4-6-15(23-2)7-5-13/h4-12H,1-3H3. The second-order valence-electron chi connectivity index (χ2n) is 5.84. The van der Waals surface area contributed by atoms with E-state index in [9.17, 15) is 0 Å². The molecule has 0 spiro atoms. The number of methoxy groups -OCH3 is 2. The Hall–Kier alpha value is -3.21. The fourth-order valence-electron chi connectivity index (χ4n) is 3.12. The molecule has 0 N–H and O–H groups in total. The van der Waals surface area contributed by atoms with Crippen LogP contribution in [0.1, 0.15) is 0 Å². The second kappa shape index (κ2) is 6.02. The monoisotopic (exact) mass is 334 g/mol. The van der Waals surface area contributed by atoms with Crippen LogP contribution >= 0.6 is 0 Å². The Morgan fingerprint density at radius 1 is 0.920 bits per heavy atom. The normalized spacial score (nSPS) is 11.0. The molecular weight excluding hydrogens is 316 g/mol. The van der Waals surface area contributed by atoms with Gasteiger partial charge in [-0.3, -0.25) is 0 Å². The van der Waals surface area contributed by atoms with Crippen molar-refractivity contribution >= 4 is 10.9 Å². The quantitative estimate of drug-likeness (QED) is 0.551. The van der Waals surface area contributed by atoms with Crippen LogP contribution in [0.5, 0.6) is 11.5 Å². The lowest BCUT2D eigenvalue weighted by Crippen LogP contribution is -1.91. The van der Waals surface area contributed by atoms with Gasteiger partial charge < -0.3 is 18.6 Å². The molecule has 4 rings (SSSR count). The molecular formula is C20H18N2O3. The molecule has 0 unspecified atom stereocenters. The average molecular weight is 334 g/mol. The van der Waals surface area contributed by atoms with Gasteiger partial charge in [-0.25, -0.2) is 0 Å². The lowest BCUT2D eigenvalue weighted by atomic mass is 10.0. The molecule has 2 aromatic carbocycles. The Balaban J connectivity index is 1.93. The van der Waals surface area contributed by atoms with Crippen molar-refractivity contribution in [1.82, 2.24) is 9.72 Å². The Bertz CT molecular complexity index is 1030. The number of benzene rings is 2. The molecule has 2 heterocycles. The van der Waals surface area contributed by atoms with E-state index in [0.717, 1.165) is 44.9 Å². The summed E-state index contributed by atoms with van der Waals surface area (Å²) < 4.78 is 18.4. The average Bonchev–Trinajstić information content (AvgIpc) is 3.28. The van der Waals surface area contributed by atoms with Gasteiger partial charge in [0.25, 0.3) is 0 Å². The molecule has 0 amide bonds. The number of aryl methyl sites for hydroxylation is 1. The minimum absolute atomic E-state index is 0.718. The molecule has 4 aromatic rings. The molecule has 5 heteroatoms. The predicted octanol–water partition coefficient (Wildman–Crippen LogP) is 4.52. The van der Waals surface area contributed by atoms with Gasteiger partial charge in [0.2, 0.25) is 0 Å². The first kappa shape index (κ1) is 15.3. The summed E-state index contributed by atoms with van der Waals surface area (Å²) in [6, 6.07) is 13.9. The number of hydrogen-bond acceptors (Lipinski definition) is 4. The Morgan fingerprint density at radius 2 is 1.68 bits per heavy atom. The van der Waals surface area contributed by atoms with Crippen molar-refractivity contribution in [3.05, 3.63) is 54.9 Å². The van der Waals surface area contributed by atoms with E-state index in [2.05, 4.69) is 15.8 Å². The van der Waals surface area contributed by atoms with Gasteiger partial charge in [-0.1, -0.05) is 17.3 Å². The predicted molar refractivity (Wildman–Crippen MR) is 97.0 cm³/mol. The van der Waals surface area contributed by atoms with E-state index >= 15 is 0 Å². The summed E-state index contributed by atoms with van der Waals surface area (Å²) in [5, 5.41) is 5.13. The highest BCUT2D eigenvalue weighted by Gasteiger charge is 2.18. The van der Waals surface area contributed by atoms with Crippen molar-refractivity contribution in [2.24, 2.45) is 7.05 Å². The number of fused-ring (bicyclic) bond motifs is 1. The third-order valence-corrected chi connectivity index (χ3v) is 4.40. The van der Waals surface area contributed by atoms with Gasteiger partial charge in [-0.05, 0) is 35.9 Å². The lowest BCUT2D eigenvalue weighted by molar-refractivity contribution is 0.414. The fraction of sp³-hybridized carbons (Fsp3) is 0.150. The Labute approximate surface area is 145 Å². The zero-order chi connectivity index (χ0) is 17.4. The zero-order valence-corrected chi connectivity index (χ0v) is 14.3. The SMILES string of the molecule is COc1ccc(-c2cnoc2-c2cc(OC)cc3ccn(C)c23)cc1. The van der Waals surface area contributed by atoms with Gasteiger partial charge in [-0.15, -0.1) is 0 Å². The van der Waals surface area contributed by atoms with E-state index in [1.807, 2.05) is 49.6 Å².